The number of amides is 1. The number of likely N-dealkylation sites (N-methyl/N-ethyl adjacent to an activating group) is 1. The van der Waals surface area contributed by atoms with Gasteiger partial charge in [0.15, 0.2) is 5.78 Å². The Kier molecular flexibility index (Phi) is 7.89. The van der Waals surface area contributed by atoms with Crippen molar-refractivity contribution in [2.24, 2.45) is 0 Å². The van der Waals surface area contributed by atoms with Gasteiger partial charge in [-0.25, -0.2) is 0 Å². The van der Waals surface area contributed by atoms with E-state index in [1.165, 1.54) is 65.6 Å². The summed E-state index contributed by atoms with van der Waals surface area (Å²) in [7, 11) is 2.20. The molecular weight excluding hydrogens is 554 g/mol. The molecule has 0 unspecified atom stereocenters. The van der Waals surface area contributed by atoms with Gasteiger partial charge in [-0.15, -0.1) is 0 Å². The number of fused-ring (bicyclic) bond motifs is 5. The van der Waals surface area contributed by atoms with Gasteiger partial charge in [0.05, 0.1) is 11.2 Å². The molecule has 2 fully saturated rings. The lowest BCUT2D eigenvalue weighted by Crippen LogP contribution is -2.59. The Morgan fingerprint density at radius 1 is 0.933 bits per heavy atom. The maximum atomic E-state index is 13.9. The minimum Gasteiger partial charge on any atom is -0.372 e. The van der Waals surface area contributed by atoms with Crippen LogP contribution in [0.5, 0.6) is 0 Å². The van der Waals surface area contributed by atoms with Crippen molar-refractivity contribution in [3.05, 3.63) is 95.1 Å². The number of hydrogen-bond acceptors (Lipinski definition) is 3. The number of nitrogens with one attached hydrogen (secondary N) is 1. The third kappa shape index (κ3) is 5.30. The Labute approximate surface area is 267 Å². The predicted octanol–water partition coefficient (Wildman–Crippen LogP) is 8.48. The Balaban J connectivity index is 1.25. The largest absolute Gasteiger partial charge is 0.372 e. The quantitative estimate of drug-likeness (QED) is 0.221. The summed E-state index contributed by atoms with van der Waals surface area (Å²) in [6.45, 7) is 7.81. The van der Waals surface area contributed by atoms with Gasteiger partial charge >= 0.3 is 0 Å². The highest BCUT2D eigenvalue weighted by Crippen LogP contribution is 2.47. The number of benzene rings is 3. The van der Waals surface area contributed by atoms with Crippen molar-refractivity contribution >= 4 is 34.4 Å². The molecule has 3 aliphatic rings. The van der Waals surface area contributed by atoms with E-state index in [2.05, 4.69) is 65.7 Å². The fraction of sp³-hybridized carbons (Fsp3) is 0.400. The molecule has 1 amide bonds. The summed E-state index contributed by atoms with van der Waals surface area (Å²) in [4.78, 5) is 29.9. The van der Waals surface area contributed by atoms with Crippen molar-refractivity contribution in [2.75, 3.05) is 18.5 Å². The fourth-order valence-electron chi connectivity index (χ4n) is 7.95. The minimum absolute atomic E-state index is 0.0942. The molecule has 0 saturated heterocycles. The molecule has 1 aliphatic heterocycles. The lowest BCUT2D eigenvalue weighted by atomic mass is 9.72. The van der Waals surface area contributed by atoms with Crippen molar-refractivity contribution in [2.45, 2.75) is 89.1 Å². The Morgan fingerprint density at radius 2 is 1.69 bits per heavy atom. The van der Waals surface area contributed by atoms with Gasteiger partial charge in [0.25, 0.3) is 5.91 Å². The first-order valence-electron chi connectivity index (χ1n) is 17.0. The molecule has 0 bridgehead atoms. The molecule has 0 atom stereocenters. The van der Waals surface area contributed by atoms with Crippen molar-refractivity contribution in [3.63, 3.8) is 0 Å². The molecule has 7 rings (SSSR count). The van der Waals surface area contributed by atoms with Crippen LogP contribution in [-0.2, 0) is 24.2 Å². The molecule has 2 aliphatic carbocycles. The molecule has 5 nitrogen and oxygen atoms in total. The number of aryl methyl sites for hydroxylation is 1. The van der Waals surface area contributed by atoms with E-state index < -0.39 is 5.54 Å². The molecule has 2 saturated carbocycles. The third-order valence-electron chi connectivity index (χ3n) is 10.8. The monoisotopic (exact) mass is 599 g/mol. The zero-order valence-corrected chi connectivity index (χ0v) is 26.8. The van der Waals surface area contributed by atoms with Crippen LogP contribution in [0, 0.1) is 0 Å². The molecule has 0 spiro atoms. The lowest BCUT2D eigenvalue weighted by Gasteiger charge is -2.41. The van der Waals surface area contributed by atoms with Crippen LogP contribution in [0.1, 0.15) is 96.8 Å². The van der Waals surface area contributed by atoms with Gasteiger partial charge in [0.1, 0.15) is 0 Å². The summed E-state index contributed by atoms with van der Waals surface area (Å²) in [5.41, 5.74) is 9.74. The number of anilines is 1. The second-order valence-corrected chi connectivity index (χ2v) is 13.5. The van der Waals surface area contributed by atoms with E-state index in [0.717, 1.165) is 42.6 Å². The summed E-state index contributed by atoms with van der Waals surface area (Å²) in [5.74, 6) is 0.466. The molecule has 1 aromatic heterocycles. The number of carbonyl (C=O) groups is 2. The van der Waals surface area contributed by atoms with Crippen LogP contribution in [0.4, 0.5) is 5.69 Å². The van der Waals surface area contributed by atoms with E-state index in [9.17, 15) is 9.59 Å². The summed E-state index contributed by atoms with van der Waals surface area (Å²) in [6, 6.07) is 21.2. The second-order valence-electron chi connectivity index (χ2n) is 13.5. The maximum absolute atomic E-state index is 13.9. The van der Waals surface area contributed by atoms with Crippen molar-refractivity contribution in [3.8, 4) is 11.3 Å². The minimum atomic E-state index is -0.787. The number of aromatic nitrogens is 1. The number of carbonyl (C=O) groups excluding carboxylic acids is 2. The first kappa shape index (κ1) is 29.6. The molecule has 0 radical (unpaired) electrons. The van der Waals surface area contributed by atoms with E-state index in [1.807, 2.05) is 30.3 Å². The molecule has 5 heteroatoms. The Morgan fingerprint density at radius 3 is 2.38 bits per heavy atom. The van der Waals surface area contributed by atoms with Crippen molar-refractivity contribution in [1.82, 2.24) is 9.88 Å². The summed E-state index contributed by atoms with van der Waals surface area (Å²) < 4.78 is 2.49. The normalized spacial score (nSPS) is 17.6. The van der Waals surface area contributed by atoms with Crippen LogP contribution in [0.25, 0.3) is 28.2 Å². The molecule has 2 heterocycles. The number of nitrogens with zero attached hydrogens (tertiary/aromatic N) is 2. The predicted molar refractivity (Wildman–Crippen MR) is 185 cm³/mol. The van der Waals surface area contributed by atoms with Crippen LogP contribution in [0.2, 0.25) is 0 Å². The Bertz CT molecular complexity index is 1770. The zero-order valence-electron chi connectivity index (χ0n) is 26.8. The van der Waals surface area contributed by atoms with Crippen LogP contribution in [0.15, 0.2) is 67.2 Å². The molecular formula is C40H45N3O2. The van der Waals surface area contributed by atoms with E-state index in [1.54, 1.807) is 6.08 Å². The van der Waals surface area contributed by atoms with E-state index in [0.29, 0.717) is 30.7 Å². The number of ketones is 1. The second kappa shape index (κ2) is 12.0. The fourth-order valence-corrected chi connectivity index (χ4v) is 7.95. The highest BCUT2D eigenvalue weighted by Gasteiger charge is 2.45. The average molecular weight is 600 g/mol. The average Bonchev–Trinajstić information content (AvgIpc) is 3.31. The molecule has 4 aromatic rings. The van der Waals surface area contributed by atoms with Crippen LogP contribution in [0.3, 0.4) is 0 Å². The molecule has 1 N–H and O–H groups in total. The van der Waals surface area contributed by atoms with E-state index >= 15 is 0 Å². The Hall–Kier alpha value is -4.12. The van der Waals surface area contributed by atoms with Crippen molar-refractivity contribution < 1.29 is 9.59 Å². The first-order valence-corrected chi connectivity index (χ1v) is 17.0. The van der Waals surface area contributed by atoms with Crippen molar-refractivity contribution in [1.29, 1.82) is 0 Å². The number of Topliss-reactive ketones (excluding diaryl/α,β-unsaturated/α-hetero) is 1. The van der Waals surface area contributed by atoms with Crippen LogP contribution in [-0.4, -0.2) is 35.4 Å². The number of hydrogen-bond donors (Lipinski definition) is 1. The SMILES string of the molecule is C=Cc1ccc(CC(=O)C2(NC(=O)c3ccc4c(C5CCCCC5)c5n(c4c3)CCN(C)c3cc(CC)ccc3-5)CCC2)cc1. The molecule has 3 aromatic carbocycles. The lowest BCUT2D eigenvalue weighted by molar-refractivity contribution is -0.127. The summed E-state index contributed by atoms with van der Waals surface area (Å²) in [6.07, 6.45) is 11.8. The van der Waals surface area contributed by atoms with Crippen LogP contribution < -0.4 is 10.2 Å². The smallest absolute Gasteiger partial charge is 0.252 e. The maximum Gasteiger partial charge on any atom is 0.252 e. The summed E-state index contributed by atoms with van der Waals surface area (Å²) >= 11 is 0. The standard InChI is InChI=1S/C40H45N3O2/c1-4-27-12-14-29(15-13-27)25-36(44)40(20-9-21-40)41-39(45)31-17-19-32-35(26-31)43-23-22-42(3)34-24-28(5-2)16-18-33(34)38(43)37(32)30-10-7-6-8-11-30/h4,12-19,24,26,30H,1,5-11,20-23,25H2,2-3H3,(H,41,45). The van der Waals surface area contributed by atoms with E-state index in [4.69, 9.17) is 0 Å². The first-order chi connectivity index (χ1) is 21.9. The van der Waals surface area contributed by atoms with Gasteiger partial charge in [-0.2, -0.15) is 0 Å². The highest BCUT2D eigenvalue weighted by molar-refractivity contribution is 6.04. The number of rotatable bonds is 8. The highest BCUT2D eigenvalue weighted by atomic mass is 16.2. The molecule has 232 valence electrons. The van der Waals surface area contributed by atoms with Gasteiger partial charge in [-0.05, 0) is 84.9 Å². The van der Waals surface area contributed by atoms with Gasteiger partial charge in [0, 0.05) is 54.3 Å². The van der Waals surface area contributed by atoms with E-state index in [-0.39, 0.29) is 11.7 Å². The van der Waals surface area contributed by atoms with Crippen LogP contribution >= 0.6 is 0 Å². The van der Waals surface area contributed by atoms with Gasteiger partial charge in [-0.1, -0.05) is 81.3 Å². The van der Waals surface area contributed by atoms with Gasteiger partial charge < -0.3 is 14.8 Å². The zero-order chi connectivity index (χ0) is 31.1. The topological polar surface area (TPSA) is 54.3 Å². The molecule has 45 heavy (non-hydrogen) atoms. The third-order valence-corrected chi connectivity index (χ3v) is 10.8. The van der Waals surface area contributed by atoms with Gasteiger partial charge in [0.2, 0.25) is 0 Å². The van der Waals surface area contributed by atoms with Gasteiger partial charge in [-0.3, -0.25) is 9.59 Å². The summed E-state index contributed by atoms with van der Waals surface area (Å²) in [5, 5.41) is 4.51.